The van der Waals surface area contributed by atoms with Gasteiger partial charge in [0.15, 0.2) is 0 Å². The third-order valence-electron chi connectivity index (χ3n) is 0. The van der Waals surface area contributed by atoms with Crippen molar-refractivity contribution < 1.29 is 87.3 Å². The van der Waals surface area contributed by atoms with Crippen LogP contribution in [0.2, 0.25) is 0 Å². The number of hydrogen-bond donors (Lipinski definition) is 0. The van der Waals surface area contributed by atoms with Crippen LogP contribution >= 0.6 is 0 Å². The molecule has 0 saturated carbocycles. The van der Waals surface area contributed by atoms with E-state index in [1.165, 1.54) is 0 Å². The van der Waals surface area contributed by atoms with Crippen molar-refractivity contribution in [2.24, 2.45) is 0 Å². The van der Waals surface area contributed by atoms with Gasteiger partial charge in [0.2, 0.25) is 0 Å². The standard InChI is InChI=1S/Eu.NO3.6H2O/c;2-1(3)4;;;;;;/h;;6*1H2/q+3;-1;;;;;;. The molecule has 0 radical (unpaired) electrons. The van der Waals surface area contributed by atoms with Crippen LogP contribution in [0, 0.1) is 64.7 Å². The molecule has 0 bridgehead atoms. The van der Waals surface area contributed by atoms with Crippen LogP contribution < -0.4 is 0 Å². The molecule has 0 amide bonds. The minimum absolute atomic E-state index is 0. The van der Waals surface area contributed by atoms with E-state index in [9.17, 15) is 0 Å². The maximum absolute atomic E-state index is 8.25. The molecule has 0 rings (SSSR count). The van der Waals surface area contributed by atoms with Crippen LogP contribution in [0.3, 0.4) is 0 Å². The molecule has 0 aromatic carbocycles. The number of nitrogens with zero attached hydrogens (tertiary/aromatic N) is 1. The van der Waals surface area contributed by atoms with Crippen LogP contribution in [-0.4, -0.2) is 37.9 Å². The van der Waals surface area contributed by atoms with Crippen molar-refractivity contribution in [3.63, 3.8) is 0 Å². The second-order valence-electron chi connectivity index (χ2n) is 0.224. The average Bonchev–Trinajstić information content (AvgIpc) is 0.811. The minimum atomic E-state index is -1.75. The Morgan fingerprint density at radius 1 is 0.727 bits per heavy atom. The van der Waals surface area contributed by atoms with Crippen molar-refractivity contribution in [1.29, 1.82) is 0 Å². The summed E-state index contributed by atoms with van der Waals surface area (Å²) >= 11 is 0. The summed E-state index contributed by atoms with van der Waals surface area (Å²) in [7, 11) is 0. The smallest absolute Gasteiger partial charge is 0.412 e. The van der Waals surface area contributed by atoms with E-state index in [4.69, 9.17) is 15.3 Å². The van der Waals surface area contributed by atoms with Gasteiger partial charge >= 0.3 is 49.4 Å². The van der Waals surface area contributed by atoms with Crippen LogP contribution in [0.1, 0.15) is 0 Å². The Morgan fingerprint density at radius 2 is 0.727 bits per heavy atom. The molecule has 0 aliphatic heterocycles. The van der Waals surface area contributed by atoms with Gasteiger partial charge in [0, 0.05) is 0 Å². The van der Waals surface area contributed by atoms with Crippen molar-refractivity contribution >= 4 is 0 Å². The first-order valence-corrected chi connectivity index (χ1v) is 0.548. The predicted octanol–water partition coefficient (Wildman–Crippen LogP) is -5.19. The molecule has 11 heavy (non-hydrogen) atoms. The summed E-state index contributed by atoms with van der Waals surface area (Å²) in [5, 5.41) is 14.8. The SMILES string of the molecule is O.O.O.O.O.O.O=[N+]([O-])[O-].[Eu+3]. The molecule has 0 heterocycles. The Kier molecular flexibility index (Phi) is 710. The molecule has 0 aromatic rings. The fourth-order valence-electron chi connectivity index (χ4n) is 0. The fraction of sp³-hybridized carbons (Fsp3) is 0. The molecule has 0 spiro atoms. The third kappa shape index (κ3) is 2600. The molecule has 0 unspecified atom stereocenters. The van der Waals surface area contributed by atoms with Gasteiger partial charge in [0.1, 0.15) is 0 Å². The Balaban J connectivity index is -0.00000000214. The predicted molar refractivity (Wildman–Crippen MR) is 32.0 cm³/mol. The fourth-order valence-corrected chi connectivity index (χ4v) is 0. The van der Waals surface area contributed by atoms with Gasteiger partial charge in [-0.15, -0.1) is 0 Å². The van der Waals surface area contributed by atoms with Crippen molar-refractivity contribution in [1.82, 2.24) is 0 Å². The van der Waals surface area contributed by atoms with Gasteiger partial charge < -0.3 is 48.2 Å². The Morgan fingerprint density at radius 3 is 0.727 bits per heavy atom. The second-order valence-corrected chi connectivity index (χ2v) is 0.224. The average molecular weight is 322 g/mol. The molecule has 0 aromatic heterocycles. The van der Waals surface area contributed by atoms with Crippen LogP contribution in [0.4, 0.5) is 0 Å². The maximum Gasteiger partial charge on any atom is 3.00 e. The van der Waals surface area contributed by atoms with Gasteiger partial charge in [-0.3, -0.25) is 0 Å². The monoisotopic (exact) mass is 323 g/mol. The van der Waals surface area contributed by atoms with Crippen LogP contribution in [0.5, 0.6) is 0 Å². The van der Waals surface area contributed by atoms with Gasteiger partial charge in [-0.2, -0.15) is 0 Å². The van der Waals surface area contributed by atoms with Crippen LogP contribution in [-0.2, 0) is 0 Å². The third-order valence-corrected chi connectivity index (χ3v) is 0. The van der Waals surface area contributed by atoms with E-state index in [1.54, 1.807) is 0 Å². The molecular formula is H12EuNO9+2. The topological polar surface area (TPSA) is 255 Å². The quantitative estimate of drug-likeness (QED) is 0.313. The molecule has 11 heteroatoms. The zero-order valence-electron chi connectivity index (χ0n) is 5.05. The first kappa shape index (κ1) is 102. The van der Waals surface area contributed by atoms with E-state index >= 15 is 0 Å². The van der Waals surface area contributed by atoms with Gasteiger partial charge in [-0.05, 0) is 0 Å². The number of hydrogen-bond acceptors (Lipinski definition) is 3. The van der Waals surface area contributed by atoms with Crippen LogP contribution in [0.15, 0.2) is 0 Å². The summed E-state index contributed by atoms with van der Waals surface area (Å²) in [6.07, 6.45) is 0. The van der Waals surface area contributed by atoms with Crippen molar-refractivity contribution in [2.45, 2.75) is 0 Å². The van der Waals surface area contributed by atoms with E-state index in [-0.39, 0.29) is 82.2 Å². The molecule has 76 valence electrons. The molecule has 12 N–H and O–H groups in total. The van der Waals surface area contributed by atoms with E-state index in [0.29, 0.717) is 0 Å². The molecule has 0 fully saturated rings. The van der Waals surface area contributed by atoms with Gasteiger partial charge in [-0.1, -0.05) is 0 Å². The maximum atomic E-state index is 8.25. The van der Waals surface area contributed by atoms with Crippen molar-refractivity contribution in [3.8, 4) is 0 Å². The summed E-state index contributed by atoms with van der Waals surface area (Å²) in [4.78, 5) is 8.25. The van der Waals surface area contributed by atoms with Crippen molar-refractivity contribution in [2.75, 3.05) is 0 Å². The Bertz CT molecular complexity index is 32.5. The Hall–Kier alpha value is 0.544. The van der Waals surface area contributed by atoms with Gasteiger partial charge in [-0.25, -0.2) is 0 Å². The van der Waals surface area contributed by atoms with Gasteiger partial charge in [0.25, 0.3) is 0 Å². The molecule has 0 atom stereocenters. The normalized spacial score (nSPS) is 2.18. The van der Waals surface area contributed by atoms with E-state index in [0.717, 1.165) is 0 Å². The van der Waals surface area contributed by atoms with Crippen LogP contribution in [0.25, 0.3) is 0 Å². The number of rotatable bonds is 0. The summed E-state index contributed by atoms with van der Waals surface area (Å²) in [5.41, 5.74) is 0. The summed E-state index contributed by atoms with van der Waals surface area (Å²) in [6, 6.07) is 0. The largest absolute Gasteiger partial charge is 3.00 e. The molecule has 10 nitrogen and oxygen atoms in total. The van der Waals surface area contributed by atoms with E-state index in [2.05, 4.69) is 0 Å². The Labute approximate surface area is 102 Å². The zero-order valence-corrected chi connectivity index (χ0v) is 7.48. The van der Waals surface area contributed by atoms with E-state index in [1.807, 2.05) is 0 Å². The molecule has 0 aliphatic carbocycles. The zero-order chi connectivity index (χ0) is 3.58. The second kappa shape index (κ2) is 76.5. The summed E-state index contributed by atoms with van der Waals surface area (Å²) in [6.45, 7) is 0. The van der Waals surface area contributed by atoms with E-state index < -0.39 is 5.09 Å². The summed E-state index contributed by atoms with van der Waals surface area (Å²) < 4.78 is 0. The molecular weight excluding hydrogens is 310 g/mol. The molecule has 0 aliphatic rings. The first-order chi connectivity index (χ1) is 1.73. The first-order valence-electron chi connectivity index (χ1n) is 0.548. The summed E-state index contributed by atoms with van der Waals surface area (Å²) in [5.74, 6) is 0. The van der Waals surface area contributed by atoms with Crippen molar-refractivity contribution in [3.05, 3.63) is 15.3 Å². The molecule has 0 saturated heterocycles. The van der Waals surface area contributed by atoms with Gasteiger partial charge in [0.05, 0.1) is 5.09 Å². The minimum Gasteiger partial charge on any atom is -0.412 e.